The molecule has 1 aromatic heterocycles. The van der Waals surface area contributed by atoms with Crippen molar-refractivity contribution in [3.05, 3.63) is 58.5 Å². The van der Waals surface area contributed by atoms with Crippen LogP contribution in [0, 0.1) is 0 Å². The molecule has 0 radical (unpaired) electrons. The summed E-state index contributed by atoms with van der Waals surface area (Å²) in [4.78, 5) is 39.3. The third-order valence-corrected chi connectivity index (χ3v) is 8.47. The van der Waals surface area contributed by atoms with Gasteiger partial charge < -0.3 is 38.4 Å². The van der Waals surface area contributed by atoms with E-state index >= 15 is 0 Å². The molecule has 3 aromatic rings. The van der Waals surface area contributed by atoms with E-state index in [1.165, 1.54) is 11.3 Å². The van der Waals surface area contributed by atoms with E-state index in [9.17, 15) is 19.5 Å². The number of hydrogen-bond acceptors (Lipinski definition) is 11. The Morgan fingerprint density at radius 2 is 1.50 bits per heavy atom. The number of fused-ring (bicyclic) bond motifs is 2. The molecule has 0 saturated carbocycles. The lowest BCUT2D eigenvalue weighted by atomic mass is 10.1. The molecule has 0 spiro atoms. The van der Waals surface area contributed by atoms with Gasteiger partial charge in [-0.2, -0.15) is 0 Å². The Kier molecular flexibility index (Phi) is 12.4. The molecule has 1 unspecified atom stereocenters. The summed E-state index contributed by atoms with van der Waals surface area (Å²) in [6.45, 7) is 9.49. The highest BCUT2D eigenvalue weighted by molar-refractivity contribution is 7.20. The normalized spacial score (nSPS) is 12.8. The standard InChI is InChI=1S/C34H41NO10S/c1-6-42-33(38)10-8-25(36)31-15-22-12-28(27(41-5)16-30(22)46-31)44-19-21(3)20-45-29-14-24-18-35(17-23(24)13-26(29)40-4)32(37)9-11-34(39)43-7-2/h12-16,34,39H,3,6-11,17-20H2,1-2,4-5H3. The Morgan fingerprint density at radius 1 is 0.870 bits per heavy atom. The van der Waals surface area contributed by atoms with Crippen molar-refractivity contribution in [3.8, 4) is 23.0 Å². The molecule has 0 aliphatic carbocycles. The lowest BCUT2D eigenvalue weighted by molar-refractivity contribution is -0.143. The number of methoxy groups -OCH3 is 2. The molecule has 1 aliphatic rings. The van der Waals surface area contributed by atoms with E-state index in [2.05, 4.69) is 6.58 Å². The Hall–Kier alpha value is -4.13. The van der Waals surface area contributed by atoms with E-state index in [-0.39, 0.29) is 57.2 Å². The molecule has 46 heavy (non-hydrogen) atoms. The number of carbonyl (C=O) groups is 3. The quantitative estimate of drug-likeness (QED) is 0.0819. The molecule has 2 heterocycles. The molecule has 0 fully saturated rings. The molecule has 1 atom stereocenters. The van der Waals surface area contributed by atoms with Gasteiger partial charge in [-0.15, -0.1) is 11.3 Å². The van der Waals surface area contributed by atoms with Crippen molar-refractivity contribution in [2.75, 3.05) is 40.6 Å². The molecule has 2 aromatic carbocycles. The predicted octanol–water partition coefficient (Wildman–Crippen LogP) is 5.44. The summed E-state index contributed by atoms with van der Waals surface area (Å²) in [5.41, 5.74) is 2.60. The molecule has 11 nitrogen and oxygen atoms in total. The SMILES string of the molecule is C=C(COc1cc2c(cc1OC)CN(C(=O)CCC(O)OCC)C2)COc1cc2cc(C(=O)CCC(=O)OCC)sc2cc1OC. The average Bonchev–Trinajstić information content (AvgIpc) is 3.67. The minimum atomic E-state index is -0.950. The molecular weight excluding hydrogens is 614 g/mol. The third kappa shape index (κ3) is 8.99. The van der Waals surface area contributed by atoms with E-state index in [0.717, 1.165) is 21.2 Å². The number of hydrogen-bond donors (Lipinski definition) is 1. The first-order chi connectivity index (χ1) is 22.1. The van der Waals surface area contributed by atoms with Gasteiger partial charge in [0.25, 0.3) is 0 Å². The fraction of sp³-hybridized carbons (Fsp3) is 0.441. The highest BCUT2D eigenvalue weighted by atomic mass is 32.1. The van der Waals surface area contributed by atoms with Crippen molar-refractivity contribution < 1.29 is 47.9 Å². The van der Waals surface area contributed by atoms with Crippen LogP contribution in [0.5, 0.6) is 23.0 Å². The van der Waals surface area contributed by atoms with Crippen LogP contribution in [0.1, 0.15) is 60.3 Å². The van der Waals surface area contributed by atoms with Crippen LogP contribution in [0.2, 0.25) is 0 Å². The highest BCUT2D eigenvalue weighted by Gasteiger charge is 2.26. The number of thiophene rings is 1. The van der Waals surface area contributed by atoms with Crippen LogP contribution in [0.4, 0.5) is 0 Å². The zero-order chi connectivity index (χ0) is 33.2. The minimum Gasteiger partial charge on any atom is -0.493 e. The van der Waals surface area contributed by atoms with Crippen molar-refractivity contribution in [1.29, 1.82) is 0 Å². The molecule has 1 N–H and O–H groups in total. The van der Waals surface area contributed by atoms with Crippen LogP contribution in [0.15, 0.2) is 42.5 Å². The molecular formula is C34H41NO10S. The number of rotatable bonds is 18. The summed E-state index contributed by atoms with van der Waals surface area (Å²) in [5.74, 6) is 1.51. The smallest absolute Gasteiger partial charge is 0.306 e. The molecule has 12 heteroatoms. The molecule has 0 saturated heterocycles. The summed E-state index contributed by atoms with van der Waals surface area (Å²) in [7, 11) is 3.11. The Bertz CT molecular complexity index is 1560. The fourth-order valence-electron chi connectivity index (χ4n) is 4.97. The number of ether oxygens (including phenoxy) is 6. The largest absolute Gasteiger partial charge is 0.493 e. The Balaban J connectivity index is 1.33. The topological polar surface area (TPSA) is 130 Å². The first kappa shape index (κ1) is 34.7. The molecule has 248 valence electrons. The van der Waals surface area contributed by atoms with E-state index in [1.54, 1.807) is 39.0 Å². The second kappa shape index (κ2) is 16.4. The van der Waals surface area contributed by atoms with E-state index in [0.29, 0.717) is 53.1 Å². The van der Waals surface area contributed by atoms with Gasteiger partial charge in [0.2, 0.25) is 5.91 Å². The lowest BCUT2D eigenvalue weighted by Gasteiger charge is -2.16. The van der Waals surface area contributed by atoms with Gasteiger partial charge in [-0.05, 0) is 60.2 Å². The van der Waals surface area contributed by atoms with Gasteiger partial charge in [-0.1, -0.05) is 6.58 Å². The Morgan fingerprint density at radius 3 is 2.13 bits per heavy atom. The maximum Gasteiger partial charge on any atom is 0.306 e. The van der Waals surface area contributed by atoms with Crippen molar-refractivity contribution in [3.63, 3.8) is 0 Å². The summed E-state index contributed by atoms with van der Waals surface area (Å²) in [6.07, 6.45) is -0.394. The first-order valence-electron chi connectivity index (χ1n) is 15.2. The Labute approximate surface area is 272 Å². The van der Waals surface area contributed by atoms with Crippen molar-refractivity contribution >= 4 is 39.1 Å². The van der Waals surface area contributed by atoms with E-state index in [1.807, 2.05) is 24.3 Å². The minimum absolute atomic E-state index is 0.0411. The zero-order valence-electron chi connectivity index (χ0n) is 26.7. The van der Waals surface area contributed by atoms with Gasteiger partial charge >= 0.3 is 5.97 Å². The highest BCUT2D eigenvalue weighted by Crippen LogP contribution is 2.38. The molecule has 4 rings (SSSR count). The van der Waals surface area contributed by atoms with Gasteiger partial charge in [0.15, 0.2) is 35.1 Å². The average molecular weight is 656 g/mol. The second-order valence-electron chi connectivity index (χ2n) is 10.7. The first-order valence-corrected chi connectivity index (χ1v) is 16.0. The van der Waals surface area contributed by atoms with Gasteiger partial charge in [0.05, 0.1) is 32.1 Å². The van der Waals surface area contributed by atoms with Crippen molar-refractivity contribution in [1.82, 2.24) is 4.90 Å². The third-order valence-electron chi connectivity index (χ3n) is 7.33. The number of benzene rings is 2. The van der Waals surface area contributed by atoms with Gasteiger partial charge in [-0.3, -0.25) is 14.4 Å². The number of Topliss-reactive ketones (excluding diaryl/α,β-unsaturated/α-hetero) is 1. The number of nitrogens with zero attached hydrogens (tertiary/aromatic N) is 1. The maximum atomic E-state index is 12.7. The van der Waals surface area contributed by atoms with Crippen LogP contribution in [-0.4, -0.2) is 74.6 Å². The van der Waals surface area contributed by atoms with Crippen LogP contribution < -0.4 is 18.9 Å². The second-order valence-corrected chi connectivity index (χ2v) is 11.8. The molecule has 1 amide bonds. The molecule has 1 aliphatic heterocycles. The van der Waals surface area contributed by atoms with Crippen LogP contribution in [-0.2, 0) is 32.2 Å². The van der Waals surface area contributed by atoms with Crippen LogP contribution in [0.25, 0.3) is 10.1 Å². The van der Waals surface area contributed by atoms with Gasteiger partial charge in [0, 0.05) is 49.7 Å². The summed E-state index contributed by atoms with van der Waals surface area (Å²) in [6, 6.07) is 9.18. The predicted molar refractivity (Wildman–Crippen MR) is 173 cm³/mol. The van der Waals surface area contributed by atoms with Crippen molar-refractivity contribution in [2.45, 2.75) is 58.9 Å². The summed E-state index contributed by atoms with van der Waals surface area (Å²) >= 11 is 1.33. The van der Waals surface area contributed by atoms with Crippen molar-refractivity contribution in [2.24, 2.45) is 0 Å². The van der Waals surface area contributed by atoms with Crippen LogP contribution >= 0.6 is 11.3 Å². The monoisotopic (exact) mass is 655 g/mol. The summed E-state index contributed by atoms with van der Waals surface area (Å²) in [5, 5.41) is 10.6. The molecule has 0 bridgehead atoms. The van der Waals surface area contributed by atoms with Gasteiger partial charge in [-0.25, -0.2) is 0 Å². The summed E-state index contributed by atoms with van der Waals surface area (Å²) < 4.78 is 34.1. The fourth-order valence-corrected chi connectivity index (χ4v) is 6.01. The number of esters is 1. The van der Waals surface area contributed by atoms with E-state index < -0.39 is 12.3 Å². The van der Waals surface area contributed by atoms with Crippen LogP contribution in [0.3, 0.4) is 0 Å². The zero-order valence-corrected chi connectivity index (χ0v) is 27.5. The van der Waals surface area contributed by atoms with Gasteiger partial charge in [0.1, 0.15) is 13.2 Å². The maximum absolute atomic E-state index is 12.7. The number of ketones is 1. The number of amides is 1. The number of aliphatic hydroxyl groups is 1. The lowest BCUT2D eigenvalue weighted by Crippen LogP contribution is -2.26. The van der Waals surface area contributed by atoms with E-state index in [4.69, 9.17) is 28.4 Å². The number of aliphatic hydroxyl groups excluding tert-OH is 1. The number of carbonyl (C=O) groups excluding carboxylic acids is 3.